The number of benzene rings is 2. The van der Waals surface area contributed by atoms with E-state index in [1.54, 1.807) is 24.3 Å². The molecule has 0 saturated carbocycles. The Hall–Kier alpha value is -2.86. The van der Waals surface area contributed by atoms with Gasteiger partial charge >= 0.3 is 5.97 Å². The van der Waals surface area contributed by atoms with Gasteiger partial charge in [-0.1, -0.05) is 54.1 Å². The fourth-order valence-corrected chi connectivity index (χ4v) is 2.94. The standard InChI is InChI=1S/C21H23ClN2O4/c1-14(25)23-18(16-8-10-17(22)11-9-16)12-20(26)24-19(13-21(27)28-2)15-6-4-3-5-7-15/h3-11,18-19H,12-13H2,1-2H3,(H,23,25)(H,24,26)/t18-,19+/m1/s1. The molecule has 0 spiro atoms. The Labute approximate surface area is 169 Å². The molecule has 0 unspecified atom stereocenters. The Morgan fingerprint density at radius 2 is 1.46 bits per heavy atom. The van der Waals surface area contributed by atoms with Crippen LogP contribution in [0.2, 0.25) is 5.02 Å². The maximum Gasteiger partial charge on any atom is 0.307 e. The van der Waals surface area contributed by atoms with E-state index in [1.165, 1.54) is 14.0 Å². The second-order valence-corrected chi connectivity index (χ2v) is 6.76. The minimum Gasteiger partial charge on any atom is -0.469 e. The lowest BCUT2D eigenvalue weighted by molar-refractivity contribution is -0.141. The maximum absolute atomic E-state index is 12.7. The van der Waals surface area contributed by atoms with Crippen molar-refractivity contribution in [2.24, 2.45) is 0 Å². The molecular formula is C21H23ClN2O4. The molecule has 2 aromatic rings. The van der Waals surface area contributed by atoms with E-state index in [2.05, 4.69) is 10.6 Å². The van der Waals surface area contributed by atoms with Crippen molar-refractivity contribution >= 4 is 29.4 Å². The summed E-state index contributed by atoms with van der Waals surface area (Å²) in [6, 6.07) is 15.1. The van der Waals surface area contributed by atoms with Crippen LogP contribution in [0.25, 0.3) is 0 Å². The molecule has 0 saturated heterocycles. The van der Waals surface area contributed by atoms with Crippen molar-refractivity contribution in [3.05, 3.63) is 70.7 Å². The zero-order valence-corrected chi connectivity index (χ0v) is 16.5. The van der Waals surface area contributed by atoms with Crippen LogP contribution in [-0.4, -0.2) is 24.9 Å². The fourth-order valence-electron chi connectivity index (χ4n) is 2.82. The van der Waals surface area contributed by atoms with E-state index in [1.807, 2.05) is 30.3 Å². The van der Waals surface area contributed by atoms with E-state index in [0.29, 0.717) is 5.02 Å². The fraction of sp³-hybridized carbons (Fsp3) is 0.286. The Balaban J connectivity index is 2.14. The molecule has 28 heavy (non-hydrogen) atoms. The van der Waals surface area contributed by atoms with Crippen molar-refractivity contribution in [2.45, 2.75) is 31.8 Å². The first kappa shape index (κ1) is 21.4. The van der Waals surface area contributed by atoms with Gasteiger partial charge in [0.15, 0.2) is 0 Å². The first-order valence-corrected chi connectivity index (χ1v) is 9.20. The third kappa shape index (κ3) is 6.70. The minimum absolute atomic E-state index is 0.0119. The highest BCUT2D eigenvalue weighted by molar-refractivity contribution is 6.30. The SMILES string of the molecule is COC(=O)C[C@H](NC(=O)C[C@@H](NC(C)=O)c1ccc(Cl)cc1)c1ccccc1. The molecule has 0 aliphatic rings. The highest BCUT2D eigenvalue weighted by Crippen LogP contribution is 2.22. The lowest BCUT2D eigenvalue weighted by Gasteiger charge is -2.22. The van der Waals surface area contributed by atoms with Gasteiger partial charge in [0.2, 0.25) is 11.8 Å². The van der Waals surface area contributed by atoms with E-state index in [4.69, 9.17) is 16.3 Å². The number of methoxy groups -OCH3 is 1. The van der Waals surface area contributed by atoms with Crippen LogP contribution in [0.1, 0.15) is 43.0 Å². The summed E-state index contributed by atoms with van der Waals surface area (Å²) >= 11 is 5.92. The van der Waals surface area contributed by atoms with Crippen molar-refractivity contribution in [2.75, 3.05) is 7.11 Å². The number of esters is 1. The summed E-state index contributed by atoms with van der Waals surface area (Å²) in [6.45, 7) is 1.39. The van der Waals surface area contributed by atoms with Crippen LogP contribution >= 0.6 is 11.6 Å². The highest BCUT2D eigenvalue weighted by atomic mass is 35.5. The Bertz CT molecular complexity index is 803. The van der Waals surface area contributed by atoms with Crippen LogP contribution in [0.15, 0.2) is 54.6 Å². The summed E-state index contributed by atoms with van der Waals surface area (Å²) in [7, 11) is 1.31. The van der Waals surface area contributed by atoms with Crippen molar-refractivity contribution in [3.8, 4) is 0 Å². The molecule has 0 fully saturated rings. The summed E-state index contributed by atoms with van der Waals surface area (Å²) in [5.41, 5.74) is 1.56. The molecule has 0 aliphatic heterocycles. The van der Waals surface area contributed by atoms with Crippen molar-refractivity contribution < 1.29 is 19.1 Å². The van der Waals surface area contributed by atoms with Gasteiger partial charge in [0.05, 0.1) is 32.0 Å². The van der Waals surface area contributed by atoms with E-state index < -0.39 is 18.1 Å². The van der Waals surface area contributed by atoms with Gasteiger partial charge < -0.3 is 15.4 Å². The molecule has 0 aliphatic carbocycles. The summed E-state index contributed by atoms with van der Waals surface area (Å²) < 4.78 is 4.74. The number of rotatable bonds is 8. The summed E-state index contributed by atoms with van der Waals surface area (Å²) in [5, 5.41) is 6.21. The topological polar surface area (TPSA) is 84.5 Å². The second kappa shape index (κ2) is 10.5. The quantitative estimate of drug-likeness (QED) is 0.663. The number of nitrogens with one attached hydrogen (secondary N) is 2. The van der Waals surface area contributed by atoms with Gasteiger partial charge in [0.25, 0.3) is 0 Å². The summed E-state index contributed by atoms with van der Waals surface area (Å²) in [4.78, 5) is 36.0. The van der Waals surface area contributed by atoms with Gasteiger partial charge in [-0.2, -0.15) is 0 Å². The minimum atomic E-state index is -0.524. The molecule has 148 valence electrons. The second-order valence-electron chi connectivity index (χ2n) is 6.32. The van der Waals surface area contributed by atoms with E-state index in [9.17, 15) is 14.4 Å². The predicted octanol–water partition coefficient (Wildman–Crippen LogP) is 3.33. The summed E-state index contributed by atoms with van der Waals surface area (Å²) in [5.74, 6) is -0.973. The predicted molar refractivity (Wildman–Crippen MR) is 107 cm³/mol. The average molecular weight is 403 g/mol. The van der Waals surface area contributed by atoms with Crippen LogP contribution < -0.4 is 10.6 Å². The molecule has 0 radical (unpaired) electrons. The lowest BCUT2D eigenvalue weighted by atomic mass is 10.0. The molecule has 6 nitrogen and oxygen atoms in total. The number of carbonyl (C=O) groups is 3. The van der Waals surface area contributed by atoms with Gasteiger partial charge in [-0.15, -0.1) is 0 Å². The Morgan fingerprint density at radius 3 is 2.04 bits per heavy atom. The van der Waals surface area contributed by atoms with E-state index in [-0.39, 0.29) is 24.7 Å². The molecule has 0 bridgehead atoms. The number of halogens is 1. The van der Waals surface area contributed by atoms with Crippen LogP contribution in [0.4, 0.5) is 0 Å². The lowest BCUT2D eigenvalue weighted by Crippen LogP contribution is -2.35. The average Bonchev–Trinajstić information content (AvgIpc) is 2.67. The maximum atomic E-state index is 12.7. The number of ether oxygens (including phenoxy) is 1. The molecular weight excluding hydrogens is 380 g/mol. The van der Waals surface area contributed by atoms with Crippen molar-refractivity contribution in [3.63, 3.8) is 0 Å². The zero-order valence-electron chi connectivity index (χ0n) is 15.8. The Kier molecular flexibility index (Phi) is 8.02. The molecule has 2 amide bonds. The number of hydrogen-bond donors (Lipinski definition) is 2. The van der Waals surface area contributed by atoms with E-state index >= 15 is 0 Å². The molecule has 0 heterocycles. The molecule has 0 aromatic heterocycles. The molecule has 2 rings (SSSR count). The van der Waals surface area contributed by atoms with Gasteiger partial charge in [-0.3, -0.25) is 14.4 Å². The van der Waals surface area contributed by atoms with Gasteiger partial charge in [-0.25, -0.2) is 0 Å². The normalized spacial score (nSPS) is 12.5. The number of carbonyl (C=O) groups excluding carboxylic acids is 3. The molecule has 2 aromatic carbocycles. The van der Waals surface area contributed by atoms with Crippen LogP contribution in [0, 0.1) is 0 Å². The third-order valence-corrected chi connectivity index (χ3v) is 4.43. The number of amides is 2. The van der Waals surface area contributed by atoms with Gasteiger partial charge in [0.1, 0.15) is 0 Å². The van der Waals surface area contributed by atoms with Crippen LogP contribution in [0.3, 0.4) is 0 Å². The van der Waals surface area contributed by atoms with Crippen molar-refractivity contribution in [1.82, 2.24) is 10.6 Å². The van der Waals surface area contributed by atoms with E-state index in [0.717, 1.165) is 11.1 Å². The first-order chi connectivity index (χ1) is 13.4. The van der Waals surface area contributed by atoms with Crippen molar-refractivity contribution in [1.29, 1.82) is 0 Å². The molecule has 2 N–H and O–H groups in total. The van der Waals surface area contributed by atoms with Gasteiger partial charge in [0, 0.05) is 11.9 Å². The number of hydrogen-bond acceptors (Lipinski definition) is 4. The zero-order chi connectivity index (χ0) is 20.5. The third-order valence-electron chi connectivity index (χ3n) is 4.18. The summed E-state index contributed by atoms with van der Waals surface area (Å²) in [6.07, 6.45) is 0.0315. The Morgan fingerprint density at radius 1 is 0.893 bits per heavy atom. The highest BCUT2D eigenvalue weighted by Gasteiger charge is 2.22. The molecule has 2 atom stereocenters. The van der Waals surface area contributed by atoms with Crippen LogP contribution in [0.5, 0.6) is 0 Å². The largest absolute Gasteiger partial charge is 0.469 e. The van der Waals surface area contributed by atoms with Crippen LogP contribution in [-0.2, 0) is 19.1 Å². The first-order valence-electron chi connectivity index (χ1n) is 8.82. The molecule has 7 heteroatoms. The van der Waals surface area contributed by atoms with Gasteiger partial charge in [-0.05, 0) is 23.3 Å². The monoisotopic (exact) mass is 402 g/mol. The smallest absolute Gasteiger partial charge is 0.307 e.